The average Bonchev–Trinajstić information content (AvgIpc) is 3.18. The van der Waals surface area contributed by atoms with E-state index in [0.717, 1.165) is 11.8 Å². The van der Waals surface area contributed by atoms with Crippen LogP contribution in [-0.2, 0) is 6.54 Å². The molecule has 1 N–H and O–H groups in total. The lowest BCUT2D eigenvalue weighted by Crippen LogP contribution is -2.21. The van der Waals surface area contributed by atoms with E-state index in [2.05, 4.69) is 40.6 Å². The van der Waals surface area contributed by atoms with Crippen LogP contribution in [-0.4, -0.2) is 22.8 Å². The van der Waals surface area contributed by atoms with Crippen LogP contribution >= 0.6 is 11.3 Å². The second kappa shape index (κ2) is 8.21. The van der Waals surface area contributed by atoms with E-state index in [1.165, 1.54) is 17.1 Å². The highest BCUT2D eigenvalue weighted by molar-refractivity contribution is 7.10. The Labute approximate surface area is 156 Å². The molecule has 0 bridgehead atoms. The molecule has 4 nitrogen and oxygen atoms in total. The van der Waals surface area contributed by atoms with Crippen molar-refractivity contribution in [1.82, 2.24) is 9.88 Å². The first-order chi connectivity index (χ1) is 12.5. The van der Waals surface area contributed by atoms with Gasteiger partial charge in [-0.25, -0.2) is 4.39 Å². The Kier molecular flexibility index (Phi) is 5.75. The zero-order valence-corrected chi connectivity index (χ0v) is 15.5. The van der Waals surface area contributed by atoms with Crippen LogP contribution in [0.15, 0.2) is 60.2 Å². The summed E-state index contributed by atoms with van der Waals surface area (Å²) in [7, 11) is 2.06. The van der Waals surface area contributed by atoms with Gasteiger partial charge in [0.15, 0.2) is 5.82 Å². The number of hydrogen-bond acceptors (Lipinski definition) is 4. The second-order valence-corrected chi connectivity index (χ2v) is 7.10. The number of amides is 1. The number of hydrogen-bond donors (Lipinski definition) is 1. The molecule has 0 aliphatic rings. The van der Waals surface area contributed by atoms with Crippen LogP contribution in [0, 0.1) is 5.82 Å². The smallest absolute Gasteiger partial charge is 0.255 e. The molecule has 1 unspecified atom stereocenters. The minimum atomic E-state index is -0.554. The van der Waals surface area contributed by atoms with Crippen molar-refractivity contribution in [3.63, 3.8) is 0 Å². The molecule has 134 valence electrons. The molecule has 26 heavy (non-hydrogen) atoms. The summed E-state index contributed by atoms with van der Waals surface area (Å²) in [5, 5.41) is 4.66. The van der Waals surface area contributed by atoms with Crippen LogP contribution < -0.4 is 5.32 Å². The van der Waals surface area contributed by atoms with Gasteiger partial charge >= 0.3 is 0 Å². The zero-order valence-electron chi connectivity index (χ0n) is 14.6. The summed E-state index contributed by atoms with van der Waals surface area (Å²) in [5.41, 5.74) is 1.65. The molecule has 2 heterocycles. The van der Waals surface area contributed by atoms with Crippen LogP contribution in [0.25, 0.3) is 0 Å². The molecule has 0 saturated carbocycles. The maximum Gasteiger partial charge on any atom is 0.255 e. The number of pyridine rings is 1. The third-order valence-electron chi connectivity index (χ3n) is 4.26. The predicted molar refractivity (Wildman–Crippen MR) is 103 cm³/mol. The van der Waals surface area contributed by atoms with E-state index in [-0.39, 0.29) is 11.6 Å². The molecule has 0 fully saturated rings. The van der Waals surface area contributed by atoms with Crippen molar-refractivity contribution in [1.29, 1.82) is 0 Å². The summed E-state index contributed by atoms with van der Waals surface area (Å²) in [6.07, 6.45) is 2.52. The Morgan fingerprint density at radius 1 is 1.31 bits per heavy atom. The van der Waals surface area contributed by atoms with Gasteiger partial charge in [0, 0.05) is 29.2 Å². The quantitative estimate of drug-likeness (QED) is 0.683. The molecule has 1 amide bonds. The topological polar surface area (TPSA) is 45.2 Å². The number of anilines is 1. The van der Waals surface area contributed by atoms with Gasteiger partial charge < -0.3 is 5.32 Å². The van der Waals surface area contributed by atoms with Gasteiger partial charge in [0.1, 0.15) is 0 Å². The number of halogens is 1. The second-order valence-electron chi connectivity index (χ2n) is 6.12. The standard InChI is InChI=1S/C20H20FN3OS/c1-14(19-7-4-10-26-19)24(2)13-15-5-3-6-16(11-15)20(25)23-18-8-9-22-12-17(18)21/h3-12,14H,13H2,1-2H3,(H,22,23,25). The zero-order chi connectivity index (χ0) is 18.5. The van der Waals surface area contributed by atoms with Crippen LogP contribution in [0.5, 0.6) is 0 Å². The van der Waals surface area contributed by atoms with Crippen molar-refractivity contribution in [3.8, 4) is 0 Å². The molecule has 1 atom stereocenters. The molecule has 0 spiro atoms. The lowest BCUT2D eigenvalue weighted by molar-refractivity contribution is 0.102. The van der Waals surface area contributed by atoms with Gasteiger partial charge in [-0.05, 0) is 49.2 Å². The maximum atomic E-state index is 13.7. The van der Waals surface area contributed by atoms with Crippen molar-refractivity contribution in [2.75, 3.05) is 12.4 Å². The lowest BCUT2D eigenvalue weighted by Gasteiger charge is -2.24. The first kappa shape index (κ1) is 18.2. The van der Waals surface area contributed by atoms with Crippen molar-refractivity contribution in [2.45, 2.75) is 19.5 Å². The summed E-state index contributed by atoms with van der Waals surface area (Å²) in [6, 6.07) is 13.3. The van der Waals surface area contributed by atoms with Gasteiger partial charge in [-0.2, -0.15) is 0 Å². The monoisotopic (exact) mass is 369 g/mol. The van der Waals surface area contributed by atoms with Gasteiger partial charge in [-0.3, -0.25) is 14.7 Å². The SMILES string of the molecule is CC(c1cccs1)N(C)Cc1cccc(C(=O)Nc2ccncc2F)c1. The minimum Gasteiger partial charge on any atom is -0.319 e. The predicted octanol–water partition coefficient (Wildman–Crippen LogP) is 4.73. The highest BCUT2D eigenvalue weighted by atomic mass is 32.1. The molecule has 0 radical (unpaired) electrons. The summed E-state index contributed by atoms with van der Waals surface area (Å²) >= 11 is 1.73. The Morgan fingerprint density at radius 3 is 2.88 bits per heavy atom. The van der Waals surface area contributed by atoms with Gasteiger partial charge in [0.2, 0.25) is 0 Å². The Hall–Kier alpha value is -2.57. The molecular weight excluding hydrogens is 349 g/mol. The number of carbonyl (C=O) groups excluding carboxylic acids is 1. The van der Waals surface area contributed by atoms with Crippen LogP contribution in [0.2, 0.25) is 0 Å². The van der Waals surface area contributed by atoms with E-state index in [9.17, 15) is 9.18 Å². The summed E-state index contributed by atoms with van der Waals surface area (Å²) < 4.78 is 13.7. The minimum absolute atomic E-state index is 0.124. The molecule has 3 aromatic rings. The lowest BCUT2D eigenvalue weighted by atomic mass is 10.1. The number of rotatable bonds is 6. The van der Waals surface area contributed by atoms with Crippen LogP contribution in [0.4, 0.5) is 10.1 Å². The van der Waals surface area contributed by atoms with Gasteiger partial charge in [-0.15, -0.1) is 11.3 Å². The van der Waals surface area contributed by atoms with E-state index in [0.29, 0.717) is 18.2 Å². The Balaban J connectivity index is 1.69. The number of nitrogens with zero attached hydrogens (tertiary/aromatic N) is 2. The molecule has 1 aromatic carbocycles. The number of aromatic nitrogens is 1. The maximum absolute atomic E-state index is 13.7. The largest absolute Gasteiger partial charge is 0.319 e. The Bertz CT molecular complexity index is 882. The normalized spacial score (nSPS) is 12.2. The molecule has 6 heteroatoms. The van der Waals surface area contributed by atoms with Crippen molar-refractivity contribution in [3.05, 3.63) is 82.1 Å². The first-order valence-corrected chi connectivity index (χ1v) is 9.16. The van der Waals surface area contributed by atoms with Crippen LogP contribution in [0.1, 0.15) is 33.8 Å². The van der Waals surface area contributed by atoms with Crippen molar-refractivity contribution >= 4 is 22.9 Å². The van der Waals surface area contributed by atoms with E-state index in [1.54, 1.807) is 17.4 Å². The van der Waals surface area contributed by atoms with E-state index >= 15 is 0 Å². The number of nitrogens with one attached hydrogen (secondary N) is 1. The third-order valence-corrected chi connectivity index (χ3v) is 5.30. The number of carbonyl (C=O) groups is 1. The summed E-state index contributed by atoms with van der Waals surface area (Å²) in [4.78, 5) is 19.6. The third kappa shape index (κ3) is 4.33. The van der Waals surface area contributed by atoms with Gasteiger partial charge in [-0.1, -0.05) is 18.2 Å². The molecular formula is C20H20FN3OS. The fourth-order valence-electron chi connectivity index (χ4n) is 2.65. The van der Waals surface area contributed by atoms with Crippen LogP contribution in [0.3, 0.4) is 0 Å². The highest BCUT2D eigenvalue weighted by Crippen LogP contribution is 2.25. The summed E-state index contributed by atoms with van der Waals surface area (Å²) in [5.74, 6) is -0.896. The highest BCUT2D eigenvalue weighted by Gasteiger charge is 2.14. The first-order valence-electron chi connectivity index (χ1n) is 8.28. The molecule has 3 rings (SSSR count). The molecule has 0 aliphatic heterocycles. The molecule has 0 saturated heterocycles. The van der Waals surface area contributed by atoms with E-state index in [1.807, 2.05) is 24.3 Å². The van der Waals surface area contributed by atoms with Gasteiger partial charge in [0.25, 0.3) is 5.91 Å². The van der Waals surface area contributed by atoms with E-state index in [4.69, 9.17) is 0 Å². The average molecular weight is 369 g/mol. The molecule has 0 aliphatic carbocycles. The number of benzene rings is 1. The van der Waals surface area contributed by atoms with Crippen molar-refractivity contribution in [2.24, 2.45) is 0 Å². The van der Waals surface area contributed by atoms with Gasteiger partial charge in [0.05, 0.1) is 11.9 Å². The van der Waals surface area contributed by atoms with Crippen molar-refractivity contribution < 1.29 is 9.18 Å². The summed E-state index contributed by atoms with van der Waals surface area (Å²) in [6.45, 7) is 2.87. The molecule has 2 aromatic heterocycles. The Morgan fingerprint density at radius 2 is 2.15 bits per heavy atom. The fraction of sp³-hybridized carbons (Fsp3) is 0.200. The fourth-order valence-corrected chi connectivity index (χ4v) is 3.50. The number of thiophene rings is 1. The van der Waals surface area contributed by atoms with E-state index < -0.39 is 5.82 Å².